The summed E-state index contributed by atoms with van der Waals surface area (Å²) in [5.41, 5.74) is 1.69. The van der Waals surface area contributed by atoms with Crippen molar-refractivity contribution < 1.29 is 13.2 Å². The Balaban J connectivity index is 1.58. The second-order valence-corrected chi connectivity index (χ2v) is 10.5. The van der Waals surface area contributed by atoms with Crippen LogP contribution in [0, 0.1) is 5.92 Å². The van der Waals surface area contributed by atoms with Gasteiger partial charge in [-0.15, -0.1) is 0 Å². The van der Waals surface area contributed by atoms with Crippen LogP contribution in [0.3, 0.4) is 0 Å². The fourth-order valence-electron chi connectivity index (χ4n) is 4.03. The van der Waals surface area contributed by atoms with Crippen molar-refractivity contribution in [2.45, 2.75) is 44.4 Å². The third kappa shape index (κ3) is 6.03. The van der Waals surface area contributed by atoms with Gasteiger partial charge in [-0.25, -0.2) is 8.42 Å². The second kappa shape index (κ2) is 11.2. The highest BCUT2D eigenvalue weighted by molar-refractivity contribution is 7.89. The van der Waals surface area contributed by atoms with Gasteiger partial charge >= 0.3 is 0 Å². The van der Waals surface area contributed by atoms with Gasteiger partial charge in [-0.1, -0.05) is 31.5 Å². The van der Waals surface area contributed by atoms with Gasteiger partial charge in [0.1, 0.15) is 0 Å². The number of benzene rings is 2. The van der Waals surface area contributed by atoms with Crippen LogP contribution >= 0.6 is 11.6 Å². The monoisotopic (exact) mass is 477 g/mol. The molecule has 0 spiro atoms. The van der Waals surface area contributed by atoms with E-state index >= 15 is 0 Å². The molecule has 8 heteroatoms. The largest absolute Gasteiger partial charge is 0.371 e. The lowest BCUT2D eigenvalue weighted by Gasteiger charge is -2.33. The van der Waals surface area contributed by atoms with E-state index in [1.54, 1.807) is 24.3 Å². The van der Waals surface area contributed by atoms with E-state index in [0.717, 1.165) is 44.5 Å². The Bertz CT molecular complexity index is 997. The molecule has 0 radical (unpaired) electrons. The molecule has 0 aliphatic carbocycles. The molecule has 0 atom stereocenters. The molecule has 2 aromatic rings. The van der Waals surface area contributed by atoms with Gasteiger partial charge in [0.05, 0.1) is 4.90 Å². The van der Waals surface area contributed by atoms with Crippen LogP contribution in [-0.2, 0) is 14.8 Å². The molecule has 6 nitrogen and oxygen atoms in total. The molecule has 1 aliphatic heterocycles. The van der Waals surface area contributed by atoms with E-state index in [1.165, 1.54) is 4.31 Å². The SMILES string of the molecule is CCCN(CCC)S(=O)(=O)c1ccc(NC(=O)C2CCN(c3cccc(Cl)c3)CC2)cc1. The van der Waals surface area contributed by atoms with Crippen LogP contribution in [0.25, 0.3) is 0 Å². The van der Waals surface area contributed by atoms with Gasteiger partial charge < -0.3 is 10.2 Å². The molecule has 1 amide bonds. The smallest absolute Gasteiger partial charge is 0.243 e. The summed E-state index contributed by atoms with van der Waals surface area (Å²) in [7, 11) is -3.52. The lowest BCUT2D eigenvalue weighted by atomic mass is 9.95. The third-order valence-corrected chi connectivity index (χ3v) is 7.89. The van der Waals surface area contributed by atoms with Crippen LogP contribution in [0.5, 0.6) is 0 Å². The molecule has 1 fully saturated rings. The van der Waals surface area contributed by atoms with Crippen molar-refractivity contribution in [3.8, 4) is 0 Å². The Morgan fingerprint density at radius 1 is 1.06 bits per heavy atom. The fourth-order valence-corrected chi connectivity index (χ4v) is 5.84. The summed E-state index contributed by atoms with van der Waals surface area (Å²) < 4.78 is 27.3. The van der Waals surface area contributed by atoms with Crippen molar-refractivity contribution >= 4 is 38.9 Å². The van der Waals surface area contributed by atoms with Gasteiger partial charge in [0, 0.05) is 48.5 Å². The maximum atomic E-state index is 12.9. The maximum Gasteiger partial charge on any atom is 0.243 e. The first kappa shape index (κ1) is 24.6. The summed E-state index contributed by atoms with van der Waals surface area (Å²) in [4.78, 5) is 15.2. The van der Waals surface area contributed by atoms with Gasteiger partial charge in [-0.2, -0.15) is 4.31 Å². The zero-order valence-corrected chi connectivity index (χ0v) is 20.3. The van der Waals surface area contributed by atoms with Crippen molar-refractivity contribution in [1.82, 2.24) is 4.31 Å². The first-order valence-corrected chi connectivity index (χ1v) is 13.1. The Kier molecular flexibility index (Phi) is 8.57. The molecule has 1 N–H and O–H groups in total. The number of hydrogen-bond acceptors (Lipinski definition) is 4. The van der Waals surface area contributed by atoms with Gasteiger partial charge in [0.25, 0.3) is 0 Å². The number of rotatable bonds is 9. The molecule has 32 heavy (non-hydrogen) atoms. The van der Waals surface area contributed by atoms with Crippen LogP contribution in [-0.4, -0.2) is 44.8 Å². The van der Waals surface area contributed by atoms with Gasteiger partial charge in [-0.3, -0.25) is 4.79 Å². The fraction of sp³-hybridized carbons (Fsp3) is 0.458. The maximum absolute atomic E-state index is 12.9. The van der Waals surface area contributed by atoms with Crippen LogP contribution < -0.4 is 10.2 Å². The zero-order valence-electron chi connectivity index (χ0n) is 18.8. The number of anilines is 2. The zero-order chi connectivity index (χ0) is 23.1. The summed E-state index contributed by atoms with van der Waals surface area (Å²) in [5.74, 6) is -0.0941. The van der Waals surface area contributed by atoms with Crippen molar-refractivity contribution in [3.05, 3.63) is 53.6 Å². The third-order valence-electron chi connectivity index (χ3n) is 5.74. The van der Waals surface area contributed by atoms with Crippen LogP contribution in [0.1, 0.15) is 39.5 Å². The number of piperidine rings is 1. The number of carbonyl (C=O) groups excluding carboxylic acids is 1. The highest BCUT2D eigenvalue weighted by Crippen LogP contribution is 2.26. The Morgan fingerprint density at radius 3 is 2.25 bits per heavy atom. The first-order chi connectivity index (χ1) is 15.3. The number of carbonyl (C=O) groups is 1. The number of hydrogen-bond donors (Lipinski definition) is 1. The summed E-state index contributed by atoms with van der Waals surface area (Å²) >= 11 is 6.09. The molecular formula is C24H32ClN3O3S. The van der Waals surface area contributed by atoms with Crippen LogP contribution in [0.15, 0.2) is 53.4 Å². The van der Waals surface area contributed by atoms with Gasteiger partial charge in [-0.05, 0) is 68.1 Å². The summed E-state index contributed by atoms with van der Waals surface area (Å²) in [6, 6.07) is 14.3. The van der Waals surface area contributed by atoms with E-state index in [0.29, 0.717) is 23.8 Å². The lowest BCUT2D eigenvalue weighted by molar-refractivity contribution is -0.120. The molecule has 3 rings (SSSR count). The van der Waals surface area contributed by atoms with Crippen LogP contribution in [0.4, 0.5) is 11.4 Å². The van der Waals surface area contributed by atoms with E-state index in [1.807, 2.05) is 38.1 Å². The van der Waals surface area contributed by atoms with Gasteiger partial charge in [0.2, 0.25) is 15.9 Å². The van der Waals surface area contributed by atoms with Crippen molar-refractivity contribution in [1.29, 1.82) is 0 Å². The average molecular weight is 478 g/mol. The van der Waals surface area contributed by atoms with Crippen molar-refractivity contribution in [2.24, 2.45) is 5.92 Å². The van der Waals surface area contributed by atoms with Crippen LogP contribution in [0.2, 0.25) is 5.02 Å². The van der Waals surface area contributed by atoms with E-state index in [4.69, 9.17) is 11.6 Å². The number of nitrogens with zero attached hydrogens (tertiary/aromatic N) is 2. The predicted octanol–water partition coefficient (Wildman–Crippen LogP) is 5.01. The number of sulfonamides is 1. The van der Waals surface area contributed by atoms with E-state index in [-0.39, 0.29) is 16.7 Å². The molecule has 0 aromatic heterocycles. The molecule has 2 aromatic carbocycles. The molecule has 174 valence electrons. The average Bonchev–Trinajstić information content (AvgIpc) is 2.79. The van der Waals surface area contributed by atoms with Crippen molar-refractivity contribution in [2.75, 3.05) is 36.4 Å². The molecule has 0 bridgehead atoms. The molecule has 0 saturated carbocycles. The minimum atomic E-state index is -3.52. The quantitative estimate of drug-likeness (QED) is 0.551. The summed E-state index contributed by atoms with van der Waals surface area (Å²) in [6.45, 7) is 6.53. The summed E-state index contributed by atoms with van der Waals surface area (Å²) in [6.07, 6.45) is 3.05. The van der Waals surface area contributed by atoms with Gasteiger partial charge in [0.15, 0.2) is 0 Å². The number of nitrogens with one attached hydrogen (secondary N) is 1. The van der Waals surface area contributed by atoms with Crippen molar-refractivity contribution in [3.63, 3.8) is 0 Å². The Labute approximate surface area is 196 Å². The number of halogens is 1. The van der Waals surface area contributed by atoms with E-state index < -0.39 is 10.0 Å². The molecule has 1 heterocycles. The molecule has 1 saturated heterocycles. The molecule has 1 aliphatic rings. The molecular weight excluding hydrogens is 446 g/mol. The second-order valence-electron chi connectivity index (χ2n) is 8.16. The topological polar surface area (TPSA) is 69.7 Å². The Morgan fingerprint density at radius 2 is 1.69 bits per heavy atom. The molecule has 0 unspecified atom stereocenters. The standard InChI is InChI=1S/C24H32ClN3O3S/c1-3-14-28(15-4-2)32(30,31)23-10-8-21(9-11-23)26-24(29)19-12-16-27(17-13-19)22-7-5-6-20(25)18-22/h5-11,18-19H,3-4,12-17H2,1-2H3,(H,26,29). The minimum absolute atomic E-state index is 0.0232. The van der Waals surface area contributed by atoms with E-state index in [9.17, 15) is 13.2 Å². The summed E-state index contributed by atoms with van der Waals surface area (Å²) in [5, 5.41) is 3.66. The first-order valence-electron chi connectivity index (χ1n) is 11.3. The highest BCUT2D eigenvalue weighted by Gasteiger charge is 2.26. The minimum Gasteiger partial charge on any atom is -0.371 e. The predicted molar refractivity (Wildman–Crippen MR) is 131 cm³/mol. The van der Waals surface area contributed by atoms with E-state index in [2.05, 4.69) is 10.2 Å². The number of amides is 1. The highest BCUT2D eigenvalue weighted by atomic mass is 35.5. The normalized spacial score (nSPS) is 15.2. The lowest BCUT2D eigenvalue weighted by Crippen LogP contribution is -2.38. The Hall–Kier alpha value is -2.09.